The van der Waals surface area contributed by atoms with E-state index in [2.05, 4.69) is 19.6 Å². The van der Waals surface area contributed by atoms with Gasteiger partial charge in [-0.3, -0.25) is 9.59 Å². The van der Waals surface area contributed by atoms with Crippen LogP contribution in [-0.4, -0.2) is 85.4 Å². The van der Waals surface area contributed by atoms with Gasteiger partial charge in [0.1, 0.15) is 36.1 Å². The highest BCUT2D eigenvalue weighted by molar-refractivity contribution is 6.03. The van der Waals surface area contributed by atoms with Crippen LogP contribution in [-0.2, 0) is 14.4 Å². The standard InChI is InChI=1S/C47H64N2O9/c1-5-23-49(44(53)22-17-32-13-7-8-14-32)43-30-40(48-55-4)38-28-33(15-9-11-24-50)37(16-10-12-25-51)45-39-29-36(57-35-18-20-41(54-3)34(27-35)31-52)19-21-42(39)58-47(43,46(38)45)56-26-6-2/h6,18-21,27-29,31-33,37,43,45-46,50-51H,2,5,7-17,22-26,30H2,1,3-4H3/t33-,37+,43-,45+,46+,47+/m0/s1. The van der Waals surface area contributed by atoms with Crippen molar-refractivity contribution < 1.29 is 43.6 Å². The van der Waals surface area contributed by atoms with E-state index in [4.69, 9.17) is 28.9 Å². The summed E-state index contributed by atoms with van der Waals surface area (Å²) in [5.74, 6) is 1.24. The van der Waals surface area contributed by atoms with Crippen LogP contribution in [0.2, 0.25) is 0 Å². The lowest BCUT2D eigenvalue weighted by Crippen LogP contribution is -2.70. The SMILES string of the molecule is C=CCO[C@@]12Oc3ccc(Oc4ccc(OC)c(C=O)c4)cc3[C@H]3[C@H](CCCCO)[C@@H](CCCCO)C=C(C(=NOC)C[C@@H]1N(CCC)C(=O)CCC1CCCC1)[C@H]32. The highest BCUT2D eigenvalue weighted by Crippen LogP contribution is 2.62. The molecule has 0 saturated heterocycles. The maximum absolute atomic E-state index is 14.6. The second kappa shape index (κ2) is 20.7. The average Bonchev–Trinajstić information content (AvgIpc) is 3.77. The maximum Gasteiger partial charge on any atom is 0.239 e. The second-order valence-corrected chi connectivity index (χ2v) is 16.4. The van der Waals surface area contributed by atoms with Gasteiger partial charge in [0.25, 0.3) is 0 Å². The predicted octanol–water partition coefficient (Wildman–Crippen LogP) is 8.77. The molecule has 4 aliphatic rings. The molecule has 0 bridgehead atoms. The molecule has 6 rings (SSSR count). The van der Waals surface area contributed by atoms with Crippen molar-refractivity contribution in [1.82, 2.24) is 4.90 Å². The first kappa shape index (κ1) is 43.4. The van der Waals surface area contributed by atoms with Gasteiger partial charge in [-0.2, -0.15) is 0 Å². The van der Waals surface area contributed by atoms with Crippen LogP contribution in [0.3, 0.4) is 0 Å². The van der Waals surface area contributed by atoms with Crippen LogP contribution >= 0.6 is 0 Å². The zero-order valence-corrected chi connectivity index (χ0v) is 34.7. The first-order chi connectivity index (χ1) is 28.4. The third-order valence-corrected chi connectivity index (χ3v) is 12.8. The number of benzene rings is 2. The molecule has 2 N–H and O–H groups in total. The van der Waals surface area contributed by atoms with Gasteiger partial charge in [0.2, 0.25) is 11.7 Å². The van der Waals surface area contributed by atoms with E-state index < -0.39 is 11.8 Å². The molecule has 11 nitrogen and oxygen atoms in total. The molecule has 1 heterocycles. The Bertz CT molecular complexity index is 1770. The van der Waals surface area contributed by atoms with Crippen molar-refractivity contribution in [3.05, 3.63) is 71.8 Å². The van der Waals surface area contributed by atoms with E-state index in [-0.39, 0.29) is 49.4 Å². The van der Waals surface area contributed by atoms with Gasteiger partial charge in [-0.15, -0.1) is 6.58 Å². The predicted molar refractivity (Wildman–Crippen MR) is 224 cm³/mol. The van der Waals surface area contributed by atoms with Gasteiger partial charge >= 0.3 is 0 Å². The third-order valence-electron chi connectivity index (χ3n) is 12.8. The minimum Gasteiger partial charge on any atom is -0.496 e. The lowest BCUT2D eigenvalue weighted by Gasteiger charge is -2.60. The van der Waals surface area contributed by atoms with E-state index in [1.165, 1.54) is 32.8 Å². The van der Waals surface area contributed by atoms with Crippen LogP contribution < -0.4 is 14.2 Å². The maximum atomic E-state index is 14.6. The van der Waals surface area contributed by atoms with E-state index in [0.29, 0.717) is 66.7 Å². The second-order valence-electron chi connectivity index (χ2n) is 16.4. The summed E-state index contributed by atoms with van der Waals surface area (Å²) in [6, 6.07) is 10.5. The van der Waals surface area contributed by atoms with Crippen molar-refractivity contribution in [1.29, 1.82) is 0 Å². The third kappa shape index (κ3) is 9.32. The molecule has 0 aromatic heterocycles. The molecule has 2 saturated carbocycles. The molecule has 2 aromatic carbocycles. The van der Waals surface area contributed by atoms with E-state index in [1.807, 2.05) is 23.1 Å². The number of rotatable bonds is 22. The van der Waals surface area contributed by atoms with E-state index in [0.717, 1.165) is 61.7 Å². The topological polar surface area (TPSA) is 136 Å². The monoisotopic (exact) mass is 800 g/mol. The summed E-state index contributed by atoms with van der Waals surface area (Å²) in [6.45, 7) is 7.12. The van der Waals surface area contributed by atoms with Crippen LogP contribution in [0.4, 0.5) is 0 Å². The van der Waals surface area contributed by atoms with Crippen molar-refractivity contribution in [3.8, 4) is 23.0 Å². The summed E-state index contributed by atoms with van der Waals surface area (Å²) in [6.07, 6.45) is 16.9. The molecule has 0 spiro atoms. The molecule has 1 aliphatic heterocycles. The van der Waals surface area contributed by atoms with Gasteiger partial charge in [0.05, 0.1) is 30.9 Å². The van der Waals surface area contributed by atoms with E-state index in [9.17, 15) is 19.8 Å². The number of amides is 1. The van der Waals surface area contributed by atoms with Crippen LogP contribution in [0.25, 0.3) is 0 Å². The van der Waals surface area contributed by atoms with Crippen molar-refractivity contribution in [2.75, 3.05) is 40.6 Å². The number of aliphatic hydroxyl groups is 2. The van der Waals surface area contributed by atoms with Gasteiger partial charge in [0, 0.05) is 44.1 Å². The molecule has 2 aromatic rings. The molecular weight excluding hydrogens is 737 g/mol. The lowest BCUT2D eigenvalue weighted by molar-refractivity contribution is -0.257. The number of hydrogen-bond donors (Lipinski definition) is 2. The Labute approximate surface area is 344 Å². The summed E-state index contributed by atoms with van der Waals surface area (Å²) >= 11 is 0. The van der Waals surface area contributed by atoms with Crippen molar-refractivity contribution in [3.63, 3.8) is 0 Å². The molecule has 1 amide bonds. The van der Waals surface area contributed by atoms with E-state index in [1.54, 1.807) is 31.4 Å². The quantitative estimate of drug-likeness (QED) is 0.0519. The molecule has 58 heavy (non-hydrogen) atoms. The summed E-state index contributed by atoms with van der Waals surface area (Å²) < 4.78 is 26.2. The minimum absolute atomic E-state index is 0.0893. The fourth-order valence-corrected chi connectivity index (χ4v) is 10.3. The van der Waals surface area contributed by atoms with Crippen molar-refractivity contribution in [2.24, 2.45) is 28.8 Å². The van der Waals surface area contributed by atoms with Crippen molar-refractivity contribution >= 4 is 17.9 Å². The number of aldehydes is 1. The Kier molecular flexibility index (Phi) is 15.5. The number of aliphatic hydroxyl groups excluding tert-OH is 2. The fourth-order valence-electron chi connectivity index (χ4n) is 10.3. The average molecular weight is 801 g/mol. The summed E-state index contributed by atoms with van der Waals surface area (Å²) in [4.78, 5) is 34.1. The number of nitrogens with zero attached hydrogens (tertiary/aromatic N) is 2. The highest BCUT2D eigenvalue weighted by atomic mass is 16.7. The van der Waals surface area contributed by atoms with Crippen LogP contribution in [0.5, 0.6) is 23.0 Å². The number of carbonyl (C=O) groups is 2. The summed E-state index contributed by atoms with van der Waals surface area (Å²) in [5, 5.41) is 24.5. The molecular formula is C47H64N2O9. The first-order valence-electron chi connectivity index (χ1n) is 21.6. The number of unbranched alkanes of at least 4 members (excludes halogenated alkanes) is 2. The Hall–Kier alpha value is -4.19. The van der Waals surface area contributed by atoms with E-state index >= 15 is 0 Å². The van der Waals surface area contributed by atoms with Crippen LogP contribution in [0.15, 0.2) is 65.9 Å². The molecule has 3 aliphatic carbocycles. The van der Waals surface area contributed by atoms with Gasteiger partial charge in [-0.25, -0.2) is 0 Å². The summed E-state index contributed by atoms with van der Waals surface area (Å²) in [7, 11) is 3.09. The van der Waals surface area contributed by atoms with Gasteiger partial charge < -0.3 is 38.9 Å². The zero-order chi connectivity index (χ0) is 41.1. The Morgan fingerprint density at radius 1 is 1.02 bits per heavy atom. The molecule has 0 radical (unpaired) electrons. The lowest BCUT2D eigenvalue weighted by atomic mass is 9.55. The number of ether oxygens (including phenoxy) is 4. The smallest absolute Gasteiger partial charge is 0.239 e. The van der Waals surface area contributed by atoms with Crippen LogP contribution in [0.1, 0.15) is 119 Å². The Morgan fingerprint density at radius 3 is 2.45 bits per heavy atom. The zero-order valence-electron chi connectivity index (χ0n) is 34.7. The molecule has 6 atom stereocenters. The Morgan fingerprint density at radius 2 is 1.76 bits per heavy atom. The highest BCUT2D eigenvalue weighted by Gasteiger charge is 2.65. The van der Waals surface area contributed by atoms with Gasteiger partial charge in [-0.1, -0.05) is 62.8 Å². The van der Waals surface area contributed by atoms with Gasteiger partial charge in [0.15, 0.2) is 6.29 Å². The molecule has 0 unspecified atom stereocenters. The number of allylic oxidation sites excluding steroid dienone is 1. The largest absolute Gasteiger partial charge is 0.496 e. The van der Waals surface area contributed by atoms with Gasteiger partial charge in [-0.05, 0) is 98.2 Å². The molecule has 11 heteroatoms. The number of oxime groups is 1. The van der Waals surface area contributed by atoms with Crippen LogP contribution in [0, 0.1) is 23.7 Å². The minimum atomic E-state index is -1.29. The number of fused-ring (bicyclic) bond motifs is 2. The normalized spacial score (nSPS) is 25.6. The number of carbonyl (C=O) groups excluding carboxylic acids is 2. The Balaban J connectivity index is 1.53. The summed E-state index contributed by atoms with van der Waals surface area (Å²) in [5.41, 5.74) is 3.13. The molecule has 2 fully saturated rings. The first-order valence-corrected chi connectivity index (χ1v) is 21.6. The fraction of sp³-hybridized carbons (Fsp3) is 0.596. The number of methoxy groups -OCH3 is 1. The molecule has 316 valence electrons. The number of hydrogen-bond acceptors (Lipinski definition) is 10. The van der Waals surface area contributed by atoms with Crippen molar-refractivity contribution in [2.45, 2.75) is 115 Å².